The molecule has 1 saturated heterocycles. The van der Waals surface area contributed by atoms with Crippen LogP contribution in [0, 0.1) is 5.92 Å². The summed E-state index contributed by atoms with van der Waals surface area (Å²) >= 11 is 3.54. The van der Waals surface area contributed by atoms with E-state index in [1.165, 1.54) is 5.56 Å². The molecule has 2 N–H and O–H groups in total. The van der Waals surface area contributed by atoms with Gasteiger partial charge in [-0.25, -0.2) is 0 Å². The fourth-order valence-corrected chi connectivity index (χ4v) is 3.87. The third-order valence-corrected chi connectivity index (χ3v) is 4.92. The molecule has 1 fully saturated rings. The first kappa shape index (κ1) is 13.2. The molecule has 0 saturated carbocycles. The summed E-state index contributed by atoms with van der Waals surface area (Å²) < 4.78 is 7.07. The topological polar surface area (TPSA) is 41.5 Å². The number of nitrogens with one attached hydrogen (secondary N) is 1. The van der Waals surface area contributed by atoms with Crippen LogP contribution >= 0.6 is 15.9 Å². The number of phenolic OH excluding ortho intramolecular Hbond substituents is 1. The average Bonchev–Trinajstić information content (AvgIpc) is 2.96. The zero-order valence-corrected chi connectivity index (χ0v) is 13.0. The Bertz CT molecular complexity index is 688. The maximum absolute atomic E-state index is 9.75. The Balaban J connectivity index is 1.79. The first-order valence-electron chi connectivity index (χ1n) is 7.19. The van der Waals surface area contributed by atoms with Crippen molar-refractivity contribution in [1.82, 2.24) is 0 Å². The van der Waals surface area contributed by atoms with E-state index in [1.54, 1.807) is 6.07 Å². The van der Waals surface area contributed by atoms with Crippen LogP contribution in [0.25, 0.3) is 0 Å². The second-order valence-electron chi connectivity index (χ2n) is 5.69. The summed E-state index contributed by atoms with van der Waals surface area (Å²) in [5.74, 6) is 0.708. The summed E-state index contributed by atoms with van der Waals surface area (Å²) in [5, 5.41) is 13.4. The molecule has 3 nitrogen and oxygen atoms in total. The number of rotatable bonds is 1. The molecule has 2 aliphatic rings. The van der Waals surface area contributed by atoms with Gasteiger partial charge in [0, 0.05) is 28.2 Å². The van der Waals surface area contributed by atoms with Gasteiger partial charge in [0.1, 0.15) is 5.75 Å². The summed E-state index contributed by atoms with van der Waals surface area (Å²) in [7, 11) is 0. The molecule has 3 atom stereocenters. The molecule has 4 heteroatoms. The van der Waals surface area contributed by atoms with Gasteiger partial charge in [0.15, 0.2) is 0 Å². The van der Waals surface area contributed by atoms with E-state index in [1.807, 2.05) is 18.2 Å². The number of hydrogen-bond acceptors (Lipinski definition) is 3. The van der Waals surface area contributed by atoms with E-state index in [0.717, 1.165) is 28.8 Å². The fraction of sp³-hybridized carbons (Fsp3) is 0.294. The zero-order valence-electron chi connectivity index (χ0n) is 11.4. The highest BCUT2D eigenvalue weighted by molar-refractivity contribution is 9.10. The van der Waals surface area contributed by atoms with Crippen LogP contribution in [-0.2, 0) is 4.74 Å². The van der Waals surface area contributed by atoms with E-state index in [9.17, 15) is 5.11 Å². The summed E-state index contributed by atoms with van der Waals surface area (Å²) in [6.45, 7) is 0.790. The van der Waals surface area contributed by atoms with Gasteiger partial charge < -0.3 is 15.2 Å². The molecule has 2 heterocycles. The molecule has 0 spiro atoms. The van der Waals surface area contributed by atoms with E-state index in [2.05, 4.69) is 39.4 Å². The van der Waals surface area contributed by atoms with Crippen LogP contribution < -0.4 is 5.32 Å². The first-order chi connectivity index (χ1) is 10.2. The molecule has 0 aliphatic carbocycles. The van der Waals surface area contributed by atoms with E-state index in [0.29, 0.717) is 11.7 Å². The molecule has 0 amide bonds. The Hall–Kier alpha value is -1.52. The maximum atomic E-state index is 9.75. The lowest BCUT2D eigenvalue weighted by molar-refractivity contribution is 0.0828. The standard InChI is InChI=1S/C17H16BrNO2/c18-11-4-5-15-14(9-11)17-13(6-7-21-17)16(19-15)10-2-1-3-12(20)8-10/h1-5,8-9,13,16-17,19-20H,6-7H2/t13-,16-,17-/m0/s1. The number of phenols is 1. The summed E-state index contributed by atoms with van der Waals surface area (Å²) in [6.07, 6.45) is 1.16. The van der Waals surface area contributed by atoms with Crippen molar-refractivity contribution >= 4 is 21.6 Å². The van der Waals surface area contributed by atoms with Gasteiger partial charge in [0.2, 0.25) is 0 Å². The Labute approximate surface area is 132 Å². The van der Waals surface area contributed by atoms with Crippen molar-refractivity contribution in [2.75, 3.05) is 11.9 Å². The van der Waals surface area contributed by atoms with Crippen molar-refractivity contribution in [2.24, 2.45) is 5.92 Å². The quantitative estimate of drug-likeness (QED) is 0.804. The van der Waals surface area contributed by atoms with Crippen LogP contribution in [0.5, 0.6) is 5.75 Å². The van der Waals surface area contributed by atoms with Crippen molar-refractivity contribution < 1.29 is 9.84 Å². The summed E-state index contributed by atoms with van der Waals surface area (Å²) in [6, 6.07) is 14.0. The predicted molar refractivity (Wildman–Crippen MR) is 85.4 cm³/mol. The van der Waals surface area contributed by atoms with Crippen LogP contribution in [0.4, 0.5) is 5.69 Å². The minimum atomic E-state index is 0.131. The number of fused-ring (bicyclic) bond motifs is 3. The van der Waals surface area contributed by atoms with Crippen LogP contribution in [0.2, 0.25) is 0 Å². The smallest absolute Gasteiger partial charge is 0.115 e. The fourth-order valence-electron chi connectivity index (χ4n) is 3.49. The number of aromatic hydroxyl groups is 1. The highest BCUT2D eigenvalue weighted by atomic mass is 79.9. The van der Waals surface area contributed by atoms with Crippen LogP contribution in [0.3, 0.4) is 0 Å². The third kappa shape index (κ3) is 2.23. The van der Waals surface area contributed by atoms with Crippen molar-refractivity contribution in [3.63, 3.8) is 0 Å². The van der Waals surface area contributed by atoms with Gasteiger partial charge in [0.25, 0.3) is 0 Å². The molecule has 4 rings (SSSR count). The third-order valence-electron chi connectivity index (χ3n) is 4.43. The van der Waals surface area contributed by atoms with Crippen LogP contribution in [0.1, 0.15) is 29.7 Å². The SMILES string of the molecule is Oc1cccc([C@@H]2Nc3ccc(Br)cc3[C@H]3OCC[C@H]32)c1. The van der Waals surface area contributed by atoms with Gasteiger partial charge in [-0.05, 0) is 42.3 Å². The Morgan fingerprint density at radius 3 is 2.95 bits per heavy atom. The summed E-state index contributed by atoms with van der Waals surface area (Å²) in [4.78, 5) is 0. The number of benzene rings is 2. The molecule has 21 heavy (non-hydrogen) atoms. The molecule has 0 radical (unpaired) electrons. The zero-order chi connectivity index (χ0) is 14.4. The van der Waals surface area contributed by atoms with Gasteiger partial charge in [-0.2, -0.15) is 0 Å². The van der Waals surface area contributed by atoms with E-state index < -0.39 is 0 Å². The second-order valence-corrected chi connectivity index (χ2v) is 6.61. The van der Waals surface area contributed by atoms with Gasteiger partial charge in [-0.3, -0.25) is 0 Å². The minimum absolute atomic E-state index is 0.131. The maximum Gasteiger partial charge on any atom is 0.115 e. The number of anilines is 1. The second kappa shape index (κ2) is 5.04. The minimum Gasteiger partial charge on any atom is -0.508 e. The highest BCUT2D eigenvalue weighted by Gasteiger charge is 2.41. The van der Waals surface area contributed by atoms with E-state index in [-0.39, 0.29) is 12.1 Å². The monoisotopic (exact) mass is 345 g/mol. The first-order valence-corrected chi connectivity index (χ1v) is 7.98. The van der Waals surface area contributed by atoms with E-state index >= 15 is 0 Å². The highest BCUT2D eigenvalue weighted by Crippen LogP contribution is 2.50. The molecular weight excluding hydrogens is 330 g/mol. The lowest BCUT2D eigenvalue weighted by Crippen LogP contribution is -2.29. The van der Waals surface area contributed by atoms with Crippen LogP contribution in [0.15, 0.2) is 46.9 Å². The number of hydrogen-bond donors (Lipinski definition) is 2. The van der Waals surface area contributed by atoms with Crippen molar-refractivity contribution in [2.45, 2.75) is 18.6 Å². The van der Waals surface area contributed by atoms with E-state index in [4.69, 9.17) is 4.74 Å². The Kier molecular flexibility index (Phi) is 3.16. The number of ether oxygens (including phenoxy) is 1. The molecule has 2 aliphatic heterocycles. The molecule has 108 valence electrons. The van der Waals surface area contributed by atoms with Crippen LogP contribution in [-0.4, -0.2) is 11.7 Å². The van der Waals surface area contributed by atoms with Gasteiger partial charge in [0.05, 0.1) is 12.1 Å². The van der Waals surface area contributed by atoms with Gasteiger partial charge in [-0.1, -0.05) is 28.1 Å². The Morgan fingerprint density at radius 2 is 2.10 bits per heavy atom. The van der Waals surface area contributed by atoms with Gasteiger partial charge >= 0.3 is 0 Å². The lowest BCUT2D eigenvalue weighted by Gasteiger charge is -2.36. The molecule has 0 bridgehead atoms. The molecule has 0 unspecified atom stereocenters. The van der Waals surface area contributed by atoms with Gasteiger partial charge in [-0.15, -0.1) is 0 Å². The lowest BCUT2D eigenvalue weighted by atomic mass is 9.81. The average molecular weight is 346 g/mol. The predicted octanol–water partition coefficient (Wildman–Crippen LogP) is 4.40. The Morgan fingerprint density at radius 1 is 1.19 bits per heavy atom. The molecule has 0 aromatic heterocycles. The molecule has 2 aromatic carbocycles. The number of halogens is 1. The van der Waals surface area contributed by atoms with Crippen molar-refractivity contribution in [3.05, 3.63) is 58.1 Å². The van der Waals surface area contributed by atoms with Crippen molar-refractivity contribution in [3.8, 4) is 5.75 Å². The summed E-state index contributed by atoms with van der Waals surface area (Å²) in [5.41, 5.74) is 3.46. The molecular formula is C17H16BrNO2. The largest absolute Gasteiger partial charge is 0.508 e. The van der Waals surface area contributed by atoms with Crippen molar-refractivity contribution in [1.29, 1.82) is 0 Å². The molecule has 2 aromatic rings. The normalized spacial score (nSPS) is 26.8.